The van der Waals surface area contributed by atoms with Crippen LogP contribution in [0.1, 0.15) is 40.5 Å². The molecule has 0 saturated carbocycles. The van der Waals surface area contributed by atoms with E-state index in [-0.39, 0.29) is 48.2 Å². The van der Waals surface area contributed by atoms with Crippen LogP contribution in [0.15, 0.2) is 4.99 Å². The Hall–Kier alpha value is -0.580. The Kier molecular flexibility index (Phi) is 9.41. The van der Waals surface area contributed by atoms with Gasteiger partial charge >= 0.3 is 0 Å². The second-order valence-electron chi connectivity index (χ2n) is 6.38. The highest BCUT2D eigenvalue weighted by atomic mass is 127. The molecule has 3 N–H and O–H groups in total. The number of hydrogen-bond acceptors (Lipinski definition) is 4. The lowest BCUT2D eigenvalue weighted by atomic mass is 10.1. The third kappa shape index (κ3) is 7.69. The van der Waals surface area contributed by atoms with Crippen LogP contribution in [0.4, 0.5) is 0 Å². The standard InChI is InChI=1S/C14H28N4O3S.HI/c1-5-15-13(18-11-6-7-12(19)17-10-11)16-8-9-22(20,21)14(2,3)4;/h11H,5-10H2,1-4H3,(H,17,19)(H2,15,16,18);1H. The monoisotopic (exact) mass is 460 g/mol. The molecule has 0 aliphatic carbocycles. The van der Waals surface area contributed by atoms with Crippen molar-refractivity contribution >= 4 is 45.7 Å². The molecule has 0 aromatic rings. The van der Waals surface area contributed by atoms with Gasteiger partial charge in [0.25, 0.3) is 0 Å². The molecule has 7 nitrogen and oxygen atoms in total. The van der Waals surface area contributed by atoms with E-state index in [1.807, 2.05) is 6.92 Å². The van der Waals surface area contributed by atoms with Gasteiger partial charge in [-0.05, 0) is 34.1 Å². The fourth-order valence-corrected chi connectivity index (χ4v) is 2.90. The minimum atomic E-state index is -3.17. The van der Waals surface area contributed by atoms with Crippen LogP contribution in [-0.2, 0) is 14.6 Å². The predicted molar refractivity (Wildman–Crippen MR) is 104 cm³/mol. The van der Waals surface area contributed by atoms with Crippen LogP contribution in [0, 0.1) is 0 Å². The van der Waals surface area contributed by atoms with E-state index < -0.39 is 14.6 Å². The van der Waals surface area contributed by atoms with Crippen LogP contribution < -0.4 is 16.0 Å². The number of sulfone groups is 1. The van der Waals surface area contributed by atoms with Gasteiger partial charge in [-0.25, -0.2) is 8.42 Å². The molecule has 1 atom stereocenters. The molecule has 0 bridgehead atoms. The third-order valence-corrected chi connectivity index (χ3v) is 6.10. The van der Waals surface area contributed by atoms with Crippen molar-refractivity contribution in [1.29, 1.82) is 0 Å². The Morgan fingerprint density at radius 2 is 2.04 bits per heavy atom. The zero-order valence-corrected chi connectivity index (χ0v) is 17.5. The summed E-state index contributed by atoms with van der Waals surface area (Å²) in [7, 11) is -3.17. The topological polar surface area (TPSA) is 99.7 Å². The summed E-state index contributed by atoms with van der Waals surface area (Å²) in [6.07, 6.45) is 1.24. The molecule has 0 radical (unpaired) electrons. The number of carbonyl (C=O) groups excluding carboxylic acids is 1. The first-order valence-electron chi connectivity index (χ1n) is 7.69. The maximum atomic E-state index is 12.1. The lowest BCUT2D eigenvalue weighted by Crippen LogP contribution is -2.51. The van der Waals surface area contributed by atoms with E-state index in [2.05, 4.69) is 20.9 Å². The Balaban J connectivity index is 0.00000484. The van der Waals surface area contributed by atoms with Crippen LogP contribution in [-0.4, -0.2) is 56.5 Å². The normalized spacial score (nSPS) is 19.6. The van der Waals surface area contributed by atoms with Crippen LogP contribution in [0.25, 0.3) is 0 Å². The molecule has 136 valence electrons. The highest BCUT2D eigenvalue weighted by Crippen LogP contribution is 2.15. The highest BCUT2D eigenvalue weighted by molar-refractivity contribution is 14.0. The Bertz CT molecular complexity index is 505. The molecule has 0 spiro atoms. The predicted octanol–water partition coefficient (Wildman–Crippen LogP) is 0.651. The molecule has 1 amide bonds. The summed E-state index contributed by atoms with van der Waals surface area (Å²) in [5.41, 5.74) is 0. The third-order valence-electron chi connectivity index (χ3n) is 3.51. The molecule has 9 heteroatoms. The molecular weight excluding hydrogens is 431 g/mol. The van der Waals surface area contributed by atoms with Crippen molar-refractivity contribution in [2.75, 3.05) is 25.4 Å². The molecule has 1 fully saturated rings. The van der Waals surface area contributed by atoms with Crippen molar-refractivity contribution in [2.24, 2.45) is 4.99 Å². The van der Waals surface area contributed by atoms with E-state index in [4.69, 9.17) is 0 Å². The summed E-state index contributed by atoms with van der Waals surface area (Å²) < 4.78 is 23.4. The first-order valence-corrected chi connectivity index (χ1v) is 9.35. The van der Waals surface area contributed by atoms with E-state index in [1.54, 1.807) is 20.8 Å². The maximum Gasteiger partial charge on any atom is 0.220 e. The number of piperidine rings is 1. The Labute approximate surface area is 156 Å². The van der Waals surface area contributed by atoms with E-state index in [1.165, 1.54) is 0 Å². The van der Waals surface area contributed by atoms with Gasteiger partial charge in [0, 0.05) is 25.6 Å². The summed E-state index contributed by atoms with van der Waals surface area (Å²) in [6.45, 7) is 8.50. The molecule has 1 unspecified atom stereocenters. The van der Waals surface area contributed by atoms with Crippen LogP contribution in [0.2, 0.25) is 0 Å². The van der Waals surface area contributed by atoms with Gasteiger partial charge in [-0.1, -0.05) is 0 Å². The van der Waals surface area contributed by atoms with Gasteiger partial charge in [0.2, 0.25) is 5.91 Å². The van der Waals surface area contributed by atoms with Gasteiger partial charge < -0.3 is 16.0 Å². The number of amides is 1. The molecule has 1 heterocycles. The summed E-state index contributed by atoms with van der Waals surface area (Å²) in [6, 6.07) is 0.120. The first-order chi connectivity index (χ1) is 10.2. The summed E-state index contributed by atoms with van der Waals surface area (Å²) in [5.74, 6) is 0.679. The Morgan fingerprint density at radius 3 is 2.52 bits per heavy atom. The molecule has 1 aliphatic rings. The summed E-state index contributed by atoms with van der Waals surface area (Å²) >= 11 is 0. The number of hydrogen-bond donors (Lipinski definition) is 3. The largest absolute Gasteiger partial charge is 0.357 e. The van der Waals surface area contributed by atoms with Crippen LogP contribution >= 0.6 is 24.0 Å². The zero-order valence-electron chi connectivity index (χ0n) is 14.3. The number of halogens is 1. The van der Waals surface area contributed by atoms with E-state index in [0.29, 0.717) is 25.5 Å². The lowest BCUT2D eigenvalue weighted by molar-refractivity contribution is -0.122. The minimum Gasteiger partial charge on any atom is -0.357 e. The molecule has 1 aliphatic heterocycles. The van der Waals surface area contributed by atoms with E-state index in [0.717, 1.165) is 6.42 Å². The quantitative estimate of drug-likeness (QED) is 0.318. The molecule has 23 heavy (non-hydrogen) atoms. The van der Waals surface area contributed by atoms with Gasteiger partial charge in [0.15, 0.2) is 15.8 Å². The summed E-state index contributed by atoms with van der Waals surface area (Å²) in [4.78, 5) is 15.5. The number of nitrogens with zero attached hydrogens (tertiary/aromatic N) is 1. The van der Waals surface area contributed by atoms with Gasteiger partial charge in [0.1, 0.15) is 0 Å². The van der Waals surface area contributed by atoms with Crippen LogP contribution in [0.5, 0.6) is 0 Å². The van der Waals surface area contributed by atoms with Crippen molar-refractivity contribution in [3.8, 4) is 0 Å². The summed E-state index contributed by atoms with van der Waals surface area (Å²) in [5, 5.41) is 9.13. The highest BCUT2D eigenvalue weighted by Gasteiger charge is 2.28. The van der Waals surface area contributed by atoms with Gasteiger partial charge in [-0.3, -0.25) is 9.79 Å². The minimum absolute atomic E-state index is 0. The van der Waals surface area contributed by atoms with Crippen LogP contribution in [0.3, 0.4) is 0 Å². The Morgan fingerprint density at radius 1 is 1.39 bits per heavy atom. The number of aliphatic imine (C=N–C) groups is 1. The van der Waals surface area contributed by atoms with E-state index >= 15 is 0 Å². The SMILES string of the molecule is CCNC(=NCCS(=O)(=O)C(C)(C)C)NC1CCC(=O)NC1.I. The number of carbonyl (C=O) groups is 1. The zero-order chi connectivity index (χ0) is 16.8. The van der Waals surface area contributed by atoms with Crippen molar-refractivity contribution in [3.05, 3.63) is 0 Å². The van der Waals surface area contributed by atoms with Crippen molar-refractivity contribution in [3.63, 3.8) is 0 Å². The van der Waals surface area contributed by atoms with Crippen molar-refractivity contribution in [2.45, 2.75) is 51.3 Å². The fraction of sp³-hybridized carbons (Fsp3) is 0.857. The lowest BCUT2D eigenvalue weighted by Gasteiger charge is -2.25. The van der Waals surface area contributed by atoms with Gasteiger partial charge in [-0.2, -0.15) is 0 Å². The van der Waals surface area contributed by atoms with E-state index in [9.17, 15) is 13.2 Å². The average molecular weight is 460 g/mol. The molecule has 1 saturated heterocycles. The molecule has 1 rings (SSSR count). The number of guanidine groups is 1. The molecular formula is C14H29IN4O3S. The average Bonchev–Trinajstić information content (AvgIpc) is 2.40. The maximum absolute atomic E-state index is 12.1. The smallest absolute Gasteiger partial charge is 0.220 e. The van der Waals surface area contributed by atoms with Gasteiger partial charge in [-0.15, -0.1) is 24.0 Å². The second kappa shape index (κ2) is 9.65. The molecule has 0 aromatic carbocycles. The first kappa shape index (κ1) is 22.4. The van der Waals surface area contributed by atoms with Crippen molar-refractivity contribution in [1.82, 2.24) is 16.0 Å². The number of rotatable bonds is 5. The fourth-order valence-electron chi connectivity index (χ4n) is 1.95. The second-order valence-corrected chi connectivity index (χ2v) is 9.24. The number of nitrogens with one attached hydrogen (secondary N) is 3. The van der Waals surface area contributed by atoms with Crippen molar-refractivity contribution < 1.29 is 13.2 Å². The van der Waals surface area contributed by atoms with Gasteiger partial charge in [0.05, 0.1) is 17.0 Å². The molecule has 0 aromatic heterocycles.